The molecule has 0 nitrogen and oxygen atoms in total. The third-order valence-corrected chi connectivity index (χ3v) is 1.41. The van der Waals surface area contributed by atoms with Crippen LogP contribution in [-0.2, 0) is 0 Å². The van der Waals surface area contributed by atoms with Crippen molar-refractivity contribution in [2.75, 3.05) is 0 Å². The average molecular weight is 134 g/mol. The van der Waals surface area contributed by atoms with Crippen molar-refractivity contribution in [1.29, 1.82) is 0 Å². The molecule has 0 aromatic carbocycles. The molecule has 0 aliphatic carbocycles. The number of rotatable bonds is 3. The molecule has 0 unspecified atom stereocenters. The molecule has 0 amide bonds. The standard InChI is InChI=1S/C10H14/c1-5-7-8-10(4)9(3)6-2/h5-8H,1-2H2,3-4H3. The van der Waals surface area contributed by atoms with E-state index in [2.05, 4.69) is 20.1 Å². The molecule has 10 heavy (non-hydrogen) atoms. The summed E-state index contributed by atoms with van der Waals surface area (Å²) in [7, 11) is 0. The lowest BCUT2D eigenvalue weighted by Crippen LogP contribution is -1.73. The summed E-state index contributed by atoms with van der Waals surface area (Å²) in [4.78, 5) is 0. The molecule has 0 aromatic heterocycles. The largest absolute Gasteiger partial charge is 0.0991 e. The molecule has 54 valence electrons. The van der Waals surface area contributed by atoms with E-state index in [1.165, 1.54) is 11.1 Å². The van der Waals surface area contributed by atoms with Gasteiger partial charge in [0.25, 0.3) is 0 Å². The van der Waals surface area contributed by atoms with Crippen molar-refractivity contribution in [1.82, 2.24) is 0 Å². The Balaban J connectivity index is 4.31. The van der Waals surface area contributed by atoms with E-state index in [0.717, 1.165) is 0 Å². The highest BCUT2D eigenvalue weighted by molar-refractivity contribution is 5.30. The van der Waals surface area contributed by atoms with Crippen molar-refractivity contribution < 1.29 is 0 Å². The van der Waals surface area contributed by atoms with Gasteiger partial charge in [0.05, 0.1) is 0 Å². The second-order valence-electron chi connectivity index (χ2n) is 2.16. The minimum Gasteiger partial charge on any atom is -0.0991 e. The Labute approximate surface area is 63.3 Å². The van der Waals surface area contributed by atoms with Gasteiger partial charge in [0.1, 0.15) is 0 Å². The van der Waals surface area contributed by atoms with E-state index in [9.17, 15) is 0 Å². The van der Waals surface area contributed by atoms with E-state index >= 15 is 0 Å². The van der Waals surface area contributed by atoms with Gasteiger partial charge in [-0.25, -0.2) is 0 Å². The van der Waals surface area contributed by atoms with Crippen LogP contribution in [0.5, 0.6) is 0 Å². The number of hydrogen-bond acceptors (Lipinski definition) is 0. The van der Waals surface area contributed by atoms with Crippen molar-refractivity contribution in [3.8, 4) is 0 Å². The summed E-state index contributed by atoms with van der Waals surface area (Å²) < 4.78 is 0. The molecule has 0 rings (SSSR count). The third kappa shape index (κ3) is 3.08. The van der Waals surface area contributed by atoms with Crippen LogP contribution in [0, 0.1) is 0 Å². The fraction of sp³-hybridized carbons (Fsp3) is 0.200. The molecule has 0 aliphatic rings. The summed E-state index contributed by atoms with van der Waals surface area (Å²) in [5.41, 5.74) is 2.44. The molecule has 0 aromatic rings. The van der Waals surface area contributed by atoms with Crippen LogP contribution in [0.25, 0.3) is 0 Å². The van der Waals surface area contributed by atoms with Crippen LogP contribution in [0.4, 0.5) is 0 Å². The Hall–Kier alpha value is -1.04. The quantitative estimate of drug-likeness (QED) is 0.520. The van der Waals surface area contributed by atoms with Crippen molar-refractivity contribution in [3.05, 3.63) is 48.6 Å². The van der Waals surface area contributed by atoms with E-state index in [1.54, 1.807) is 6.08 Å². The van der Waals surface area contributed by atoms with Crippen LogP contribution in [0.2, 0.25) is 0 Å². The third-order valence-electron chi connectivity index (χ3n) is 1.41. The molecule has 0 heterocycles. The summed E-state index contributed by atoms with van der Waals surface area (Å²) >= 11 is 0. The fourth-order valence-electron chi connectivity index (χ4n) is 0.505. The summed E-state index contributed by atoms with van der Waals surface area (Å²) in [6.07, 6.45) is 7.55. The zero-order valence-corrected chi connectivity index (χ0v) is 6.72. The first-order chi connectivity index (χ1) is 4.72. The Bertz CT molecular complexity index is 180. The van der Waals surface area contributed by atoms with Crippen LogP contribution in [0.15, 0.2) is 48.6 Å². The van der Waals surface area contributed by atoms with E-state index < -0.39 is 0 Å². The Morgan fingerprint density at radius 3 is 2.10 bits per heavy atom. The Morgan fingerprint density at radius 1 is 1.10 bits per heavy atom. The fourth-order valence-corrected chi connectivity index (χ4v) is 0.505. The van der Waals surface area contributed by atoms with Gasteiger partial charge < -0.3 is 0 Å². The van der Waals surface area contributed by atoms with Gasteiger partial charge in [0, 0.05) is 0 Å². The second kappa shape index (κ2) is 4.80. The van der Waals surface area contributed by atoms with Crippen LogP contribution in [0.1, 0.15) is 13.8 Å². The van der Waals surface area contributed by atoms with Gasteiger partial charge in [-0.3, -0.25) is 0 Å². The lowest BCUT2D eigenvalue weighted by atomic mass is 10.1. The topological polar surface area (TPSA) is 0 Å². The highest BCUT2D eigenvalue weighted by atomic mass is 13.9. The maximum atomic E-state index is 3.67. The predicted octanol–water partition coefficient (Wildman–Crippen LogP) is 3.25. The van der Waals surface area contributed by atoms with Gasteiger partial charge >= 0.3 is 0 Å². The summed E-state index contributed by atoms with van der Waals surface area (Å²) in [5.74, 6) is 0. The lowest BCUT2D eigenvalue weighted by Gasteiger charge is -1.93. The van der Waals surface area contributed by atoms with Gasteiger partial charge in [-0.15, -0.1) is 0 Å². The minimum absolute atomic E-state index is 1.21. The zero-order chi connectivity index (χ0) is 7.98. The molecule has 0 radical (unpaired) electrons. The van der Waals surface area contributed by atoms with Crippen molar-refractivity contribution >= 4 is 0 Å². The molecule has 0 N–H and O–H groups in total. The average Bonchev–Trinajstić information content (AvgIpc) is 1.98. The molecule has 0 spiro atoms. The van der Waals surface area contributed by atoms with Crippen molar-refractivity contribution in [2.45, 2.75) is 13.8 Å². The van der Waals surface area contributed by atoms with E-state index in [1.807, 2.05) is 25.2 Å². The van der Waals surface area contributed by atoms with Gasteiger partial charge in [-0.2, -0.15) is 0 Å². The van der Waals surface area contributed by atoms with Crippen LogP contribution < -0.4 is 0 Å². The van der Waals surface area contributed by atoms with Crippen molar-refractivity contribution in [3.63, 3.8) is 0 Å². The van der Waals surface area contributed by atoms with Crippen LogP contribution >= 0.6 is 0 Å². The van der Waals surface area contributed by atoms with E-state index in [-0.39, 0.29) is 0 Å². The maximum Gasteiger partial charge on any atom is -0.0395 e. The minimum atomic E-state index is 1.21. The molecule has 0 atom stereocenters. The predicted molar refractivity (Wildman–Crippen MR) is 47.9 cm³/mol. The van der Waals surface area contributed by atoms with E-state index in [0.29, 0.717) is 0 Å². The van der Waals surface area contributed by atoms with Crippen LogP contribution in [0.3, 0.4) is 0 Å². The van der Waals surface area contributed by atoms with Gasteiger partial charge in [0.15, 0.2) is 0 Å². The summed E-state index contributed by atoms with van der Waals surface area (Å²) in [6, 6.07) is 0. The molecule has 0 saturated heterocycles. The van der Waals surface area contributed by atoms with Gasteiger partial charge in [0.2, 0.25) is 0 Å². The highest BCUT2D eigenvalue weighted by Crippen LogP contribution is 2.04. The van der Waals surface area contributed by atoms with Gasteiger partial charge in [-0.1, -0.05) is 37.5 Å². The molecule has 0 bridgehead atoms. The second-order valence-corrected chi connectivity index (χ2v) is 2.16. The first-order valence-electron chi connectivity index (χ1n) is 3.31. The summed E-state index contributed by atoms with van der Waals surface area (Å²) in [6.45, 7) is 11.3. The molecule has 0 heteroatoms. The SMILES string of the molecule is C=CC=CC(C)=C(C)C=C. The molecular formula is C10H14. The Kier molecular flexibility index (Phi) is 4.30. The maximum absolute atomic E-state index is 3.67. The first-order valence-corrected chi connectivity index (χ1v) is 3.31. The normalized spacial score (nSPS) is 13.0. The zero-order valence-electron chi connectivity index (χ0n) is 6.72. The number of allylic oxidation sites excluding steroid dienone is 6. The first kappa shape index (κ1) is 8.96. The molecule has 0 aliphatic heterocycles. The molecule has 0 fully saturated rings. The molecule has 0 saturated carbocycles. The monoisotopic (exact) mass is 134 g/mol. The van der Waals surface area contributed by atoms with Crippen LogP contribution in [-0.4, -0.2) is 0 Å². The highest BCUT2D eigenvalue weighted by Gasteiger charge is 1.84. The number of hydrogen-bond donors (Lipinski definition) is 0. The smallest absolute Gasteiger partial charge is 0.0395 e. The summed E-state index contributed by atoms with van der Waals surface area (Å²) in [5, 5.41) is 0. The van der Waals surface area contributed by atoms with E-state index in [4.69, 9.17) is 0 Å². The molecular weight excluding hydrogens is 120 g/mol. The van der Waals surface area contributed by atoms with Gasteiger partial charge in [-0.05, 0) is 25.0 Å². The van der Waals surface area contributed by atoms with Crippen molar-refractivity contribution in [2.24, 2.45) is 0 Å². The lowest BCUT2D eigenvalue weighted by molar-refractivity contribution is 1.38. The Morgan fingerprint density at radius 2 is 1.70 bits per heavy atom.